The van der Waals surface area contributed by atoms with Crippen molar-refractivity contribution in [2.45, 2.75) is 50.6 Å². The predicted octanol–water partition coefficient (Wildman–Crippen LogP) is 1.74. The number of nitrogens with zero attached hydrogens (tertiary/aromatic N) is 1. The number of hydrogen-bond acceptors (Lipinski definition) is 1. The number of ketones is 1. The van der Waals surface area contributed by atoms with Crippen molar-refractivity contribution in [1.82, 2.24) is 0 Å². The fourth-order valence-electron chi connectivity index (χ4n) is 3.01. The average Bonchev–Trinajstić information content (AvgIpc) is 2.18. The highest BCUT2D eigenvalue weighted by Crippen LogP contribution is 2.34. The summed E-state index contributed by atoms with van der Waals surface area (Å²) in [5.41, 5.74) is 0. The van der Waals surface area contributed by atoms with Gasteiger partial charge in [0.1, 0.15) is 5.78 Å². The Labute approximate surface area is 80.5 Å². The maximum atomic E-state index is 11.5. The van der Waals surface area contributed by atoms with Crippen LogP contribution in [0.15, 0.2) is 0 Å². The highest BCUT2D eigenvalue weighted by Gasteiger charge is 2.43. The number of quaternary nitrogens is 1. The van der Waals surface area contributed by atoms with E-state index in [0.29, 0.717) is 17.9 Å². The first kappa shape index (κ1) is 9.20. The van der Waals surface area contributed by atoms with E-state index in [-0.39, 0.29) is 0 Å². The van der Waals surface area contributed by atoms with Gasteiger partial charge in [0.25, 0.3) is 0 Å². The molecule has 0 amide bonds. The fraction of sp³-hybridized carbons (Fsp3) is 0.909. The van der Waals surface area contributed by atoms with Crippen molar-refractivity contribution in [2.24, 2.45) is 0 Å². The molecule has 0 unspecified atom stereocenters. The van der Waals surface area contributed by atoms with Gasteiger partial charge in [-0.25, -0.2) is 0 Å². The summed E-state index contributed by atoms with van der Waals surface area (Å²) in [5, 5.41) is 0. The average molecular weight is 182 g/mol. The lowest BCUT2D eigenvalue weighted by Gasteiger charge is -2.45. The molecule has 0 aromatic heterocycles. The van der Waals surface area contributed by atoms with Crippen molar-refractivity contribution in [3.63, 3.8) is 0 Å². The minimum absolute atomic E-state index is 0.509. The second kappa shape index (κ2) is 3.09. The first-order chi connectivity index (χ1) is 6.10. The number of carbonyl (C=O) groups excluding carboxylic acids is 1. The van der Waals surface area contributed by atoms with Gasteiger partial charge in [-0.3, -0.25) is 4.79 Å². The van der Waals surface area contributed by atoms with Crippen molar-refractivity contribution in [3.05, 3.63) is 0 Å². The van der Waals surface area contributed by atoms with Gasteiger partial charge in [-0.2, -0.15) is 0 Å². The molecule has 2 fully saturated rings. The third-order valence-corrected chi connectivity index (χ3v) is 4.13. The van der Waals surface area contributed by atoms with E-state index in [2.05, 4.69) is 14.1 Å². The molecule has 2 saturated heterocycles. The standard InChI is InChI=1S/C11H20NO/c1-12(2)9-5-3-4-6-10(12)8-11(13)7-9/h9-10H,3-8H2,1-2H3/q+1/t9-,10-/m1/s1. The molecule has 0 aliphatic carbocycles. The molecule has 0 N–H and O–H groups in total. The van der Waals surface area contributed by atoms with E-state index in [0.717, 1.165) is 17.3 Å². The molecule has 2 aliphatic rings. The molecule has 0 radical (unpaired) electrons. The van der Waals surface area contributed by atoms with Crippen LogP contribution in [0.5, 0.6) is 0 Å². The Morgan fingerprint density at radius 3 is 2.00 bits per heavy atom. The molecule has 0 saturated carbocycles. The predicted molar refractivity (Wildman–Crippen MR) is 52.4 cm³/mol. The Hall–Kier alpha value is -0.370. The van der Waals surface area contributed by atoms with Crippen molar-refractivity contribution in [2.75, 3.05) is 14.1 Å². The first-order valence-electron chi connectivity index (χ1n) is 5.46. The quantitative estimate of drug-likeness (QED) is 0.521. The smallest absolute Gasteiger partial charge is 0.144 e. The number of piperidine rings is 1. The largest absolute Gasteiger partial charge is 0.323 e. The second-order valence-electron chi connectivity index (χ2n) is 5.17. The van der Waals surface area contributed by atoms with Crippen LogP contribution >= 0.6 is 0 Å². The zero-order valence-corrected chi connectivity index (χ0v) is 8.75. The van der Waals surface area contributed by atoms with Crippen LogP contribution in [0.3, 0.4) is 0 Å². The maximum absolute atomic E-state index is 11.5. The van der Waals surface area contributed by atoms with Crippen LogP contribution in [-0.4, -0.2) is 36.4 Å². The lowest BCUT2D eigenvalue weighted by atomic mass is 9.91. The Morgan fingerprint density at radius 1 is 1.08 bits per heavy atom. The SMILES string of the molecule is C[N+]1(C)[C@@H]2CCCC[C@@H]1CC(=O)C2. The van der Waals surface area contributed by atoms with Crippen LogP contribution in [-0.2, 0) is 4.79 Å². The van der Waals surface area contributed by atoms with Crippen LogP contribution in [0, 0.1) is 0 Å². The molecule has 2 heteroatoms. The van der Waals surface area contributed by atoms with E-state index in [4.69, 9.17) is 0 Å². The summed E-state index contributed by atoms with van der Waals surface area (Å²) in [7, 11) is 4.63. The fourth-order valence-corrected chi connectivity index (χ4v) is 3.01. The molecule has 2 nitrogen and oxygen atoms in total. The zero-order chi connectivity index (χ0) is 9.47. The molecular formula is C11H20NO+. The number of hydrogen-bond donors (Lipinski definition) is 0. The molecule has 0 aromatic carbocycles. The summed E-state index contributed by atoms with van der Waals surface area (Å²) < 4.78 is 1.10. The minimum atomic E-state index is 0.509. The summed E-state index contributed by atoms with van der Waals surface area (Å²) in [4.78, 5) is 11.5. The molecule has 2 atom stereocenters. The molecule has 0 aromatic rings. The van der Waals surface area contributed by atoms with Crippen molar-refractivity contribution in [3.8, 4) is 0 Å². The Kier molecular flexibility index (Phi) is 2.18. The van der Waals surface area contributed by atoms with Gasteiger partial charge < -0.3 is 4.48 Å². The van der Waals surface area contributed by atoms with Crippen LogP contribution in [0.25, 0.3) is 0 Å². The Balaban J connectivity index is 2.24. The Bertz CT molecular complexity index is 202. The number of rotatable bonds is 0. The molecule has 2 rings (SSSR count). The minimum Gasteiger partial charge on any atom is -0.323 e. The van der Waals surface area contributed by atoms with E-state index in [1.807, 2.05) is 0 Å². The van der Waals surface area contributed by atoms with Gasteiger partial charge >= 0.3 is 0 Å². The lowest BCUT2D eigenvalue weighted by molar-refractivity contribution is -0.939. The molecule has 13 heavy (non-hydrogen) atoms. The topological polar surface area (TPSA) is 17.1 Å². The third-order valence-electron chi connectivity index (χ3n) is 4.13. The normalized spacial score (nSPS) is 38.5. The Morgan fingerprint density at radius 2 is 1.54 bits per heavy atom. The van der Waals surface area contributed by atoms with E-state index < -0.39 is 0 Å². The number of carbonyl (C=O) groups is 1. The molecule has 2 aliphatic heterocycles. The van der Waals surface area contributed by atoms with Crippen LogP contribution in [0.2, 0.25) is 0 Å². The lowest BCUT2D eigenvalue weighted by Crippen LogP contribution is -2.59. The van der Waals surface area contributed by atoms with Gasteiger partial charge in [-0.15, -0.1) is 0 Å². The number of Topliss-reactive ketones (excluding diaryl/α,β-unsaturated/α-hetero) is 1. The highest BCUT2D eigenvalue weighted by atomic mass is 16.1. The van der Waals surface area contributed by atoms with E-state index in [1.165, 1.54) is 25.7 Å². The van der Waals surface area contributed by atoms with Gasteiger partial charge in [0.15, 0.2) is 0 Å². The number of fused-ring (bicyclic) bond motifs is 2. The summed E-state index contributed by atoms with van der Waals surface area (Å²) in [6, 6.07) is 1.24. The van der Waals surface area contributed by atoms with Crippen LogP contribution in [0.1, 0.15) is 38.5 Å². The highest BCUT2D eigenvalue weighted by molar-refractivity contribution is 5.80. The molecule has 2 bridgehead atoms. The van der Waals surface area contributed by atoms with Gasteiger partial charge in [0, 0.05) is 0 Å². The first-order valence-corrected chi connectivity index (χ1v) is 5.46. The summed E-state index contributed by atoms with van der Waals surface area (Å²) >= 11 is 0. The van der Waals surface area contributed by atoms with E-state index in [9.17, 15) is 4.79 Å². The van der Waals surface area contributed by atoms with Gasteiger partial charge in [0.2, 0.25) is 0 Å². The summed E-state index contributed by atoms with van der Waals surface area (Å²) in [6.07, 6.45) is 6.85. The van der Waals surface area contributed by atoms with E-state index in [1.54, 1.807) is 0 Å². The molecule has 0 spiro atoms. The van der Waals surface area contributed by atoms with E-state index >= 15 is 0 Å². The zero-order valence-electron chi connectivity index (χ0n) is 8.75. The molecule has 74 valence electrons. The van der Waals surface area contributed by atoms with Gasteiger partial charge in [-0.05, 0) is 25.7 Å². The third kappa shape index (κ3) is 1.52. The summed E-state index contributed by atoms with van der Waals surface area (Å²) in [5.74, 6) is 0.509. The van der Waals surface area contributed by atoms with Crippen LogP contribution in [0.4, 0.5) is 0 Å². The van der Waals surface area contributed by atoms with Crippen molar-refractivity contribution < 1.29 is 9.28 Å². The molecule has 2 heterocycles. The summed E-state index contributed by atoms with van der Waals surface area (Å²) in [6.45, 7) is 0. The van der Waals surface area contributed by atoms with Gasteiger partial charge in [-0.1, -0.05) is 0 Å². The van der Waals surface area contributed by atoms with Crippen LogP contribution < -0.4 is 0 Å². The molecular weight excluding hydrogens is 162 g/mol. The van der Waals surface area contributed by atoms with Gasteiger partial charge in [0.05, 0.1) is 39.0 Å². The second-order valence-corrected chi connectivity index (χ2v) is 5.17. The van der Waals surface area contributed by atoms with Crippen molar-refractivity contribution >= 4 is 5.78 Å². The van der Waals surface area contributed by atoms with Crippen molar-refractivity contribution in [1.29, 1.82) is 0 Å². The maximum Gasteiger partial charge on any atom is 0.144 e. The monoisotopic (exact) mass is 182 g/mol.